The normalized spacial score (nSPS) is 20.1. The van der Waals surface area contributed by atoms with Crippen LogP contribution in [0.15, 0.2) is 70.4 Å². The maximum Gasteiger partial charge on any atom is 0.338 e. The Morgan fingerprint density at radius 2 is 1.81 bits per heavy atom. The zero-order chi connectivity index (χ0) is 22.7. The van der Waals surface area contributed by atoms with Crippen LogP contribution >= 0.6 is 0 Å². The minimum atomic E-state index is -1.51. The lowest BCUT2D eigenvalue weighted by Gasteiger charge is -2.16. The number of halogens is 1. The Morgan fingerprint density at radius 1 is 1.12 bits per heavy atom. The number of hydrogen-bond donors (Lipinski definition) is 1. The number of ether oxygens (including phenoxy) is 2. The van der Waals surface area contributed by atoms with Crippen molar-refractivity contribution in [3.05, 3.63) is 92.8 Å². The monoisotopic (exact) mass is 438 g/mol. The molecule has 8 nitrogen and oxygen atoms in total. The van der Waals surface area contributed by atoms with Gasteiger partial charge in [0.05, 0.1) is 11.1 Å². The van der Waals surface area contributed by atoms with E-state index >= 15 is 0 Å². The molecule has 1 saturated heterocycles. The summed E-state index contributed by atoms with van der Waals surface area (Å²) in [5, 5.41) is 0. The molecule has 2 heterocycles. The summed E-state index contributed by atoms with van der Waals surface area (Å²) in [5.41, 5.74) is 0.315. The van der Waals surface area contributed by atoms with Crippen molar-refractivity contribution in [3.8, 4) is 11.1 Å². The topological polar surface area (TPSA) is 107 Å². The highest BCUT2D eigenvalue weighted by atomic mass is 19.1. The van der Waals surface area contributed by atoms with Gasteiger partial charge in [-0.2, -0.15) is 0 Å². The average Bonchev–Trinajstić information content (AvgIpc) is 3.18. The summed E-state index contributed by atoms with van der Waals surface area (Å²) < 4.78 is 26.1. The van der Waals surface area contributed by atoms with Gasteiger partial charge in [-0.05, 0) is 23.3 Å². The van der Waals surface area contributed by atoms with E-state index in [1.54, 1.807) is 24.3 Å². The fourth-order valence-electron chi connectivity index (χ4n) is 3.48. The molecule has 0 unspecified atom stereocenters. The molecule has 164 valence electrons. The number of esters is 1. The molecule has 3 aromatic rings. The number of carbonyl (C=O) groups is 2. The largest absolute Gasteiger partial charge is 0.459 e. The van der Waals surface area contributed by atoms with E-state index in [-0.39, 0.29) is 18.6 Å². The molecular weight excluding hydrogens is 419 g/mol. The van der Waals surface area contributed by atoms with E-state index in [1.807, 2.05) is 35.3 Å². The molecule has 0 amide bonds. The predicted molar refractivity (Wildman–Crippen MR) is 112 cm³/mol. The van der Waals surface area contributed by atoms with Crippen LogP contribution in [0, 0.1) is 0 Å². The molecule has 3 atom stereocenters. The van der Waals surface area contributed by atoms with Crippen LogP contribution in [0.1, 0.15) is 33.4 Å². The smallest absolute Gasteiger partial charge is 0.338 e. The van der Waals surface area contributed by atoms with Crippen LogP contribution in [0.4, 0.5) is 4.39 Å². The summed E-state index contributed by atoms with van der Waals surface area (Å²) in [4.78, 5) is 48.8. The Morgan fingerprint density at radius 3 is 2.50 bits per heavy atom. The van der Waals surface area contributed by atoms with Crippen LogP contribution in [0.5, 0.6) is 0 Å². The zero-order valence-electron chi connectivity index (χ0n) is 16.8. The quantitative estimate of drug-likeness (QED) is 0.468. The number of nitrogens with one attached hydrogen (secondary N) is 1. The van der Waals surface area contributed by atoms with Gasteiger partial charge >= 0.3 is 11.7 Å². The summed E-state index contributed by atoms with van der Waals surface area (Å²) in [5.74, 6) is -0.631. The van der Waals surface area contributed by atoms with Gasteiger partial charge < -0.3 is 9.47 Å². The summed E-state index contributed by atoms with van der Waals surface area (Å²) in [6.45, 7) is -0.352. The van der Waals surface area contributed by atoms with E-state index in [0.29, 0.717) is 11.8 Å². The second-order valence-corrected chi connectivity index (χ2v) is 7.29. The number of H-pyrrole nitrogens is 1. The Bertz CT molecular complexity index is 1240. The first kappa shape index (κ1) is 21.4. The number of alkyl halides is 1. The average molecular weight is 438 g/mol. The third kappa shape index (κ3) is 4.42. The Balaban J connectivity index is 1.39. The summed E-state index contributed by atoms with van der Waals surface area (Å²) >= 11 is 0. The molecule has 0 bridgehead atoms. The van der Waals surface area contributed by atoms with Crippen LogP contribution in [-0.4, -0.2) is 40.7 Å². The minimum absolute atomic E-state index is 0.196. The lowest BCUT2D eigenvalue weighted by molar-refractivity contribution is -0.0440. The van der Waals surface area contributed by atoms with Gasteiger partial charge in [0.1, 0.15) is 25.1 Å². The first-order chi connectivity index (χ1) is 15.5. The van der Waals surface area contributed by atoms with E-state index in [4.69, 9.17) is 9.47 Å². The zero-order valence-corrected chi connectivity index (χ0v) is 16.8. The van der Waals surface area contributed by atoms with Crippen LogP contribution in [-0.2, 0) is 9.47 Å². The molecule has 4 rings (SSSR count). The molecule has 9 heteroatoms. The van der Waals surface area contributed by atoms with Crippen molar-refractivity contribution in [3.63, 3.8) is 0 Å². The summed E-state index contributed by atoms with van der Waals surface area (Å²) in [6.07, 6.45) is -2.52. The second-order valence-electron chi connectivity index (χ2n) is 7.29. The fraction of sp³-hybridized carbons (Fsp3) is 0.217. The molecule has 0 spiro atoms. The third-order valence-electron chi connectivity index (χ3n) is 5.20. The van der Waals surface area contributed by atoms with E-state index in [1.165, 1.54) is 0 Å². The van der Waals surface area contributed by atoms with Gasteiger partial charge in [-0.25, -0.2) is 14.0 Å². The molecular formula is C23H19FN2O6. The van der Waals surface area contributed by atoms with Crippen LogP contribution in [0.2, 0.25) is 0 Å². The lowest BCUT2D eigenvalue weighted by Crippen LogP contribution is -2.34. The van der Waals surface area contributed by atoms with Gasteiger partial charge in [-0.1, -0.05) is 42.5 Å². The number of aromatic nitrogens is 2. The van der Waals surface area contributed by atoms with Gasteiger partial charge in [-0.3, -0.25) is 19.1 Å². The minimum Gasteiger partial charge on any atom is -0.459 e. The molecule has 1 aliphatic rings. The molecule has 0 radical (unpaired) electrons. The number of aromatic amines is 1. The molecule has 32 heavy (non-hydrogen) atoms. The maximum absolute atomic E-state index is 14.4. The van der Waals surface area contributed by atoms with E-state index in [2.05, 4.69) is 0 Å². The van der Waals surface area contributed by atoms with Gasteiger partial charge in [0.15, 0.2) is 6.29 Å². The van der Waals surface area contributed by atoms with Crippen LogP contribution in [0.25, 0.3) is 11.1 Å². The van der Waals surface area contributed by atoms with Crippen molar-refractivity contribution in [1.82, 2.24) is 9.55 Å². The fourth-order valence-corrected chi connectivity index (χ4v) is 3.48. The maximum atomic E-state index is 14.4. The van der Waals surface area contributed by atoms with Crippen LogP contribution in [0.3, 0.4) is 0 Å². The molecule has 1 aliphatic heterocycles. The third-order valence-corrected chi connectivity index (χ3v) is 5.20. The van der Waals surface area contributed by atoms with Crippen molar-refractivity contribution >= 4 is 12.3 Å². The van der Waals surface area contributed by atoms with Crippen LogP contribution < -0.4 is 11.2 Å². The SMILES string of the molecule is O=Cc1cn([C@@H]2C[C@H](F)[C@@H](COC(=O)c3ccc(-c4ccccc4)cc3)O2)c(=O)[nH]c1=O. The van der Waals surface area contributed by atoms with Crippen molar-refractivity contribution in [2.45, 2.75) is 24.9 Å². The van der Waals surface area contributed by atoms with E-state index < -0.39 is 35.7 Å². The van der Waals surface area contributed by atoms with Crippen molar-refractivity contribution < 1.29 is 23.5 Å². The van der Waals surface area contributed by atoms with Gasteiger partial charge in [0.25, 0.3) is 5.56 Å². The van der Waals surface area contributed by atoms with Gasteiger partial charge in [-0.15, -0.1) is 0 Å². The van der Waals surface area contributed by atoms with E-state index in [0.717, 1.165) is 21.9 Å². The predicted octanol–water partition coefficient (Wildman–Crippen LogP) is 2.50. The van der Waals surface area contributed by atoms with Crippen molar-refractivity contribution in [2.75, 3.05) is 6.61 Å². The second kappa shape index (κ2) is 9.11. The number of benzene rings is 2. The highest BCUT2D eigenvalue weighted by Gasteiger charge is 2.38. The van der Waals surface area contributed by atoms with Gasteiger partial charge in [0, 0.05) is 12.6 Å². The molecule has 1 aromatic heterocycles. The molecule has 1 N–H and O–H groups in total. The summed E-state index contributed by atoms with van der Waals surface area (Å²) in [6, 6.07) is 16.5. The molecule has 2 aromatic carbocycles. The number of carbonyl (C=O) groups excluding carboxylic acids is 2. The number of nitrogens with zero attached hydrogens (tertiary/aromatic N) is 1. The van der Waals surface area contributed by atoms with Crippen molar-refractivity contribution in [2.24, 2.45) is 0 Å². The first-order valence-corrected chi connectivity index (χ1v) is 9.89. The highest BCUT2D eigenvalue weighted by molar-refractivity contribution is 5.90. The summed E-state index contributed by atoms with van der Waals surface area (Å²) in [7, 11) is 0. The standard InChI is InChI=1S/C23H19FN2O6/c24-18-10-20(26-11-17(12-27)21(28)25-23(26)30)32-19(18)13-31-22(29)16-8-6-15(7-9-16)14-4-2-1-3-5-14/h1-9,11-12,18-20H,10,13H2,(H,25,28,30)/t18-,19+,20-/m0/s1. The Labute approximate surface area is 181 Å². The number of rotatable bonds is 6. The first-order valence-electron chi connectivity index (χ1n) is 9.89. The lowest BCUT2D eigenvalue weighted by atomic mass is 10.0. The molecule has 0 saturated carbocycles. The molecule has 0 aliphatic carbocycles. The van der Waals surface area contributed by atoms with E-state index in [9.17, 15) is 23.6 Å². The Hall–Kier alpha value is -3.85. The van der Waals surface area contributed by atoms with Gasteiger partial charge in [0.2, 0.25) is 0 Å². The number of aldehydes is 1. The Kier molecular flexibility index (Phi) is 6.09. The number of hydrogen-bond acceptors (Lipinski definition) is 6. The van der Waals surface area contributed by atoms with Crippen molar-refractivity contribution in [1.29, 1.82) is 0 Å². The highest BCUT2D eigenvalue weighted by Crippen LogP contribution is 2.30. The molecule has 1 fully saturated rings.